The summed E-state index contributed by atoms with van der Waals surface area (Å²) >= 11 is 0. The number of amides is 2. The first-order valence-corrected chi connectivity index (χ1v) is 7.79. The number of piperazine rings is 1. The lowest BCUT2D eigenvalue weighted by atomic mass is 10.2. The zero-order valence-electron chi connectivity index (χ0n) is 12.9. The number of anilines is 1. The van der Waals surface area contributed by atoms with Crippen LogP contribution in [0.5, 0.6) is 0 Å². The lowest BCUT2D eigenvalue weighted by Crippen LogP contribution is -2.51. The summed E-state index contributed by atoms with van der Waals surface area (Å²) < 4.78 is 13.3. The lowest BCUT2D eigenvalue weighted by molar-refractivity contribution is 0.194. The topological polar surface area (TPSA) is 35.6 Å². The number of rotatable bonds is 3. The minimum Gasteiger partial charge on any atom is -0.368 e. The van der Waals surface area contributed by atoms with Gasteiger partial charge in [-0.05, 0) is 23.8 Å². The van der Waals surface area contributed by atoms with Gasteiger partial charge in [0.15, 0.2) is 0 Å². The van der Waals surface area contributed by atoms with E-state index in [9.17, 15) is 9.18 Å². The molecule has 0 unspecified atom stereocenters. The molecule has 4 nitrogen and oxygen atoms in total. The largest absolute Gasteiger partial charge is 0.368 e. The number of benzene rings is 2. The Labute approximate surface area is 135 Å². The van der Waals surface area contributed by atoms with E-state index in [4.69, 9.17) is 0 Å². The number of nitrogens with zero attached hydrogens (tertiary/aromatic N) is 2. The van der Waals surface area contributed by atoms with Crippen molar-refractivity contribution in [3.05, 3.63) is 66.0 Å². The second-order valence-electron chi connectivity index (χ2n) is 5.60. The Morgan fingerprint density at radius 3 is 2.43 bits per heavy atom. The first-order valence-electron chi connectivity index (χ1n) is 7.79. The van der Waals surface area contributed by atoms with Gasteiger partial charge in [-0.3, -0.25) is 0 Å². The number of hydrogen-bond acceptors (Lipinski definition) is 2. The van der Waals surface area contributed by atoms with Crippen molar-refractivity contribution in [2.75, 3.05) is 31.1 Å². The van der Waals surface area contributed by atoms with Gasteiger partial charge in [0.2, 0.25) is 0 Å². The molecule has 5 heteroatoms. The third-order valence-corrected chi connectivity index (χ3v) is 4.03. The molecule has 0 radical (unpaired) electrons. The highest BCUT2D eigenvalue weighted by molar-refractivity contribution is 5.74. The molecule has 2 aromatic carbocycles. The van der Waals surface area contributed by atoms with Crippen molar-refractivity contribution >= 4 is 11.7 Å². The van der Waals surface area contributed by atoms with E-state index in [2.05, 4.69) is 10.2 Å². The van der Waals surface area contributed by atoms with Crippen molar-refractivity contribution in [1.82, 2.24) is 10.2 Å². The van der Waals surface area contributed by atoms with Gasteiger partial charge in [0.05, 0.1) is 0 Å². The molecule has 0 spiro atoms. The molecule has 1 N–H and O–H groups in total. The van der Waals surface area contributed by atoms with Gasteiger partial charge >= 0.3 is 6.03 Å². The van der Waals surface area contributed by atoms with Gasteiger partial charge < -0.3 is 15.1 Å². The second-order valence-corrected chi connectivity index (χ2v) is 5.60. The van der Waals surface area contributed by atoms with Gasteiger partial charge in [-0.25, -0.2) is 9.18 Å². The molecule has 1 saturated heterocycles. The molecular weight excluding hydrogens is 293 g/mol. The van der Waals surface area contributed by atoms with Crippen LogP contribution in [0.1, 0.15) is 5.56 Å². The third kappa shape index (κ3) is 4.00. The SMILES string of the molecule is O=C(NCc1ccccc1)N1CCN(c2cccc(F)c2)CC1. The van der Waals surface area contributed by atoms with Gasteiger partial charge in [0.25, 0.3) is 0 Å². The van der Waals surface area contributed by atoms with Crippen LogP contribution in [0.4, 0.5) is 14.9 Å². The van der Waals surface area contributed by atoms with Gasteiger partial charge in [-0.15, -0.1) is 0 Å². The minimum absolute atomic E-state index is 0.0484. The summed E-state index contributed by atoms with van der Waals surface area (Å²) in [6, 6.07) is 16.4. The van der Waals surface area contributed by atoms with Crippen LogP contribution in [0.25, 0.3) is 0 Å². The Morgan fingerprint density at radius 2 is 1.74 bits per heavy atom. The Hall–Kier alpha value is -2.56. The molecule has 1 fully saturated rings. The summed E-state index contributed by atoms with van der Waals surface area (Å²) in [5, 5.41) is 2.94. The maximum Gasteiger partial charge on any atom is 0.317 e. The number of carbonyl (C=O) groups is 1. The van der Waals surface area contributed by atoms with E-state index in [0.29, 0.717) is 32.7 Å². The summed E-state index contributed by atoms with van der Waals surface area (Å²) in [7, 11) is 0. The molecule has 3 rings (SSSR count). The van der Waals surface area contributed by atoms with E-state index in [1.807, 2.05) is 36.4 Å². The van der Waals surface area contributed by atoms with E-state index in [-0.39, 0.29) is 11.8 Å². The van der Waals surface area contributed by atoms with Crippen LogP contribution in [-0.2, 0) is 6.54 Å². The fraction of sp³-hybridized carbons (Fsp3) is 0.278. The second kappa shape index (κ2) is 7.13. The van der Waals surface area contributed by atoms with E-state index < -0.39 is 0 Å². The van der Waals surface area contributed by atoms with Crippen molar-refractivity contribution in [3.8, 4) is 0 Å². The van der Waals surface area contributed by atoms with Crippen LogP contribution in [0.3, 0.4) is 0 Å². The first-order chi connectivity index (χ1) is 11.2. The number of nitrogens with one attached hydrogen (secondary N) is 1. The maximum absolute atomic E-state index is 13.3. The summed E-state index contributed by atoms with van der Waals surface area (Å²) in [5.74, 6) is -0.231. The Balaban J connectivity index is 1.49. The molecule has 1 aliphatic heterocycles. The molecule has 1 heterocycles. The fourth-order valence-corrected chi connectivity index (χ4v) is 2.73. The monoisotopic (exact) mass is 313 g/mol. The fourth-order valence-electron chi connectivity index (χ4n) is 2.73. The Bertz CT molecular complexity index is 654. The quantitative estimate of drug-likeness (QED) is 0.946. The summed E-state index contributed by atoms with van der Waals surface area (Å²) in [5.41, 5.74) is 1.95. The average Bonchev–Trinajstić information content (AvgIpc) is 2.61. The predicted molar refractivity (Wildman–Crippen MR) is 88.9 cm³/mol. The molecule has 0 atom stereocenters. The molecule has 0 aromatic heterocycles. The molecule has 0 aliphatic carbocycles. The van der Waals surface area contributed by atoms with Crippen molar-refractivity contribution in [2.45, 2.75) is 6.54 Å². The van der Waals surface area contributed by atoms with E-state index in [1.54, 1.807) is 11.0 Å². The van der Waals surface area contributed by atoms with Crippen LogP contribution in [0.15, 0.2) is 54.6 Å². The number of hydrogen-bond donors (Lipinski definition) is 1. The highest BCUT2D eigenvalue weighted by Gasteiger charge is 2.21. The van der Waals surface area contributed by atoms with E-state index in [1.165, 1.54) is 12.1 Å². The van der Waals surface area contributed by atoms with E-state index in [0.717, 1.165) is 11.3 Å². The average molecular weight is 313 g/mol. The molecular formula is C18H20FN3O. The van der Waals surface area contributed by atoms with Crippen LogP contribution >= 0.6 is 0 Å². The first kappa shape index (κ1) is 15.3. The number of carbonyl (C=O) groups excluding carboxylic acids is 1. The van der Waals surface area contributed by atoms with Gasteiger partial charge in [0, 0.05) is 38.4 Å². The van der Waals surface area contributed by atoms with E-state index >= 15 is 0 Å². The summed E-state index contributed by atoms with van der Waals surface area (Å²) in [4.78, 5) is 16.1. The maximum atomic E-state index is 13.3. The predicted octanol–water partition coefficient (Wildman–Crippen LogP) is 2.86. The summed E-state index contributed by atoms with van der Waals surface area (Å²) in [6.45, 7) is 3.22. The molecule has 0 bridgehead atoms. The zero-order valence-corrected chi connectivity index (χ0v) is 12.9. The van der Waals surface area contributed by atoms with Crippen molar-refractivity contribution in [3.63, 3.8) is 0 Å². The van der Waals surface area contributed by atoms with Crippen LogP contribution in [0.2, 0.25) is 0 Å². The zero-order chi connectivity index (χ0) is 16.1. The molecule has 1 aliphatic rings. The van der Waals surface area contributed by atoms with Gasteiger partial charge in [0.1, 0.15) is 5.82 Å². The van der Waals surface area contributed by atoms with Crippen LogP contribution in [0, 0.1) is 5.82 Å². The molecule has 2 amide bonds. The standard InChI is InChI=1S/C18H20FN3O/c19-16-7-4-8-17(13-16)21-9-11-22(12-10-21)18(23)20-14-15-5-2-1-3-6-15/h1-8,13H,9-12,14H2,(H,20,23). The summed E-state index contributed by atoms with van der Waals surface area (Å²) in [6.07, 6.45) is 0. The third-order valence-electron chi connectivity index (χ3n) is 4.03. The van der Waals surface area contributed by atoms with Gasteiger partial charge in [-0.1, -0.05) is 36.4 Å². The van der Waals surface area contributed by atoms with Crippen molar-refractivity contribution in [2.24, 2.45) is 0 Å². The Kier molecular flexibility index (Phi) is 4.76. The number of halogens is 1. The lowest BCUT2D eigenvalue weighted by Gasteiger charge is -2.36. The minimum atomic E-state index is -0.231. The van der Waals surface area contributed by atoms with Crippen molar-refractivity contribution in [1.29, 1.82) is 0 Å². The Morgan fingerprint density at radius 1 is 1.00 bits per heavy atom. The van der Waals surface area contributed by atoms with Crippen LogP contribution < -0.4 is 10.2 Å². The molecule has 2 aromatic rings. The molecule has 120 valence electrons. The smallest absolute Gasteiger partial charge is 0.317 e. The van der Waals surface area contributed by atoms with Crippen LogP contribution in [-0.4, -0.2) is 37.1 Å². The normalized spacial score (nSPS) is 14.7. The highest BCUT2D eigenvalue weighted by Crippen LogP contribution is 2.17. The molecule has 23 heavy (non-hydrogen) atoms. The molecule has 0 saturated carbocycles. The number of urea groups is 1. The van der Waals surface area contributed by atoms with Crippen molar-refractivity contribution < 1.29 is 9.18 Å². The van der Waals surface area contributed by atoms with Gasteiger partial charge in [-0.2, -0.15) is 0 Å². The highest BCUT2D eigenvalue weighted by atomic mass is 19.1.